The van der Waals surface area contributed by atoms with Gasteiger partial charge in [-0.1, -0.05) is 0 Å². The molecular weight excluding hydrogens is 183 g/mol. The zero-order valence-electron chi connectivity index (χ0n) is 6.24. The van der Waals surface area contributed by atoms with Gasteiger partial charge in [-0.25, -0.2) is 4.39 Å². The highest BCUT2D eigenvalue weighted by molar-refractivity contribution is 7.86. The molecule has 0 saturated carbocycles. The number of benzene rings is 1. The largest absolute Gasteiger partial charge is 0.382 e. The van der Waals surface area contributed by atoms with Crippen molar-refractivity contribution in [3.8, 4) is 5.75 Å². The highest BCUT2D eigenvalue weighted by atomic mass is 32.2. The smallest absolute Gasteiger partial charge is 0.306 e. The maximum Gasteiger partial charge on any atom is 0.306 e. The first-order valence-corrected chi connectivity index (χ1v) is 4.86. The summed E-state index contributed by atoms with van der Waals surface area (Å²) in [4.78, 5) is 0. The molecule has 0 heterocycles. The van der Waals surface area contributed by atoms with E-state index >= 15 is 0 Å². The number of hydrogen-bond donors (Lipinski definition) is 0. The van der Waals surface area contributed by atoms with Crippen LogP contribution >= 0.6 is 0 Å². The van der Waals surface area contributed by atoms with Crippen molar-refractivity contribution >= 4 is 10.1 Å². The van der Waals surface area contributed by atoms with Crippen LogP contribution in [0.4, 0.5) is 4.39 Å². The van der Waals surface area contributed by atoms with Crippen molar-refractivity contribution in [3.05, 3.63) is 30.1 Å². The van der Waals surface area contributed by atoms with Crippen molar-refractivity contribution in [2.45, 2.75) is 0 Å². The van der Waals surface area contributed by atoms with Gasteiger partial charge in [-0.05, 0) is 12.1 Å². The monoisotopic (exact) mass is 189 g/mol. The van der Waals surface area contributed by atoms with Crippen molar-refractivity contribution in [3.63, 3.8) is 0 Å². The molecule has 0 aliphatic heterocycles. The third kappa shape index (κ3) is 2.87. The molecule has 1 aromatic rings. The van der Waals surface area contributed by atoms with E-state index in [1.165, 1.54) is 12.1 Å². The fraction of sp³-hybridized carbons (Fsp3) is 0.143. The molecule has 0 unspecified atom stereocenters. The van der Waals surface area contributed by atoms with E-state index in [2.05, 4.69) is 10.2 Å². The minimum absolute atomic E-state index is 0.0475. The molecule has 0 aliphatic carbocycles. The Morgan fingerprint density at radius 1 is 1.58 bits per heavy atom. The summed E-state index contributed by atoms with van der Waals surface area (Å²) in [6, 6.07) is 5.72. The van der Waals surface area contributed by atoms with Crippen LogP contribution in [0.15, 0.2) is 18.2 Å². The molecule has 0 N–H and O–H groups in total. The van der Waals surface area contributed by atoms with Crippen LogP contribution in [-0.2, 0) is 10.1 Å². The lowest BCUT2D eigenvalue weighted by Crippen LogP contribution is -2.05. The van der Waals surface area contributed by atoms with Crippen LogP contribution in [0.25, 0.3) is 0 Å². The Labute approximate surface area is 69.9 Å². The summed E-state index contributed by atoms with van der Waals surface area (Å²) in [6.45, 7) is 0. The Balaban J connectivity index is 2.91. The summed E-state index contributed by atoms with van der Waals surface area (Å²) in [7, 11) is -3.57. The van der Waals surface area contributed by atoms with Gasteiger partial charge in [-0.2, -0.15) is 8.42 Å². The fourth-order valence-electron chi connectivity index (χ4n) is 0.645. The van der Waals surface area contributed by atoms with Crippen LogP contribution in [0, 0.1) is 11.9 Å². The predicted molar refractivity (Wildman–Crippen MR) is 40.7 cm³/mol. The second-order valence-electron chi connectivity index (χ2n) is 2.16. The molecule has 0 saturated heterocycles. The molecule has 0 aromatic heterocycles. The summed E-state index contributed by atoms with van der Waals surface area (Å²) in [5.74, 6) is -0.704. The van der Waals surface area contributed by atoms with Crippen LogP contribution in [0.1, 0.15) is 0 Å². The molecule has 0 spiro atoms. The van der Waals surface area contributed by atoms with Crippen molar-refractivity contribution in [1.82, 2.24) is 0 Å². The summed E-state index contributed by atoms with van der Waals surface area (Å²) in [6.07, 6.45) is 0.890. The van der Waals surface area contributed by atoms with Gasteiger partial charge in [0, 0.05) is 12.1 Å². The van der Waals surface area contributed by atoms with Gasteiger partial charge in [-0.3, -0.25) is 0 Å². The third-order valence-corrected chi connectivity index (χ3v) is 1.48. The Bertz CT molecular complexity index is 372. The minimum atomic E-state index is -3.57. The van der Waals surface area contributed by atoms with Gasteiger partial charge in [0.25, 0.3) is 0 Å². The molecule has 12 heavy (non-hydrogen) atoms. The lowest BCUT2D eigenvalue weighted by molar-refractivity contribution is 0.490. The van der Waals surface area contributed by atoms with Crippen molar-refractivity contribution in [2.24, 2.45) is 0 Å². The molecule has 1 radical (unpaired) electrons. The predicted octanol–water partition coefficient (Wildman–Crippen LogP) is 0.964. The minimum Gasteiger partial charge on any atom is -0.382 e. The van der Waals surface area contributed by atoms with Gasteiger partial charge >= 0.3 is 10.1 Å². The van der Waals surface area contributed by atoms with Gasteiger partial charge in [0.05, 0.1) is 6.26 Å². The lowest BCUT2D eigenvalue weighted by Gasteiger charge is -2.00. The van der Waals surface area contributed by atoms with Crippen molar-refractivity contribution < 1.29 is 17.0 Å². The summed E-state index contributed by atoms with van der Waals surface area (Å²) in [5, 5.41) is 0. The average Bonchev–Trinajstić information content (AvgIpc) is 1.82. The normalized spacial score (nSPS) is 11.2. The number of rotatable bonds is 2. The molecule has 1 aromatic carbocycles. The van der Waals surface area contributed by atoms with Crippen LogP contribution in [-0.4, -0.2) is 14.7 Å². The fourth-order valence-corrected chi connectivity index (χ4v) is 1.10. The maximum atomic E-state index is 12.4. The summed E-state index contributed by atoms with van der Waals surface area (Å²) in [5.41, 5.74) is 0. The standard InChI is InChI=1S/C7H6FO3S/c1-12(9,10)11-7-4-2-3-6(8)5-7/h2,4-5H,1H3. The molecule has 0 atom stereocenters. The van der Waals surface area contributed by atoms with E-state index in [-0.39, 0.29) is 5.75 Å². The van der Waals surface area contributed by atoms with E-state index in [9.17, 15) is 12.8 Å². The van der Waals surface area contributed by atoms with E-state index < -0.39 is 15.9 Å². The van der Waals surface area contributed by atoms with Crippen LogP contribution in [0.3, 0.4) is 0 Å². The molecule has 0 amide bonds. The first kappa shape index (κ1) is 8.99. The molecule has 1 rings (SSSR count). The van der Waals surface area contributed by atoms with Gasteiger partial charge in [0.2, 0.25) is 0 Å². The quantitative estimate of drug-likeness (QED) is 0.651. The zero-order valence-corrected chi connectivity index (χ0v) is 7.06. The van der Waals surface area contributed by atoms with E-state index in [0.717, 1.165) is 12.3 Å². The Morgan fingerprint density at radius 3 is 2.75 bits per heavy atom. The highest BCUT2D eigenvalue weighted by Crippen LogP contribution is 2.12. The molecule has 3 nitrogen and oxygen atoms in total. The topological polar surface area (TPSA) is 43.4 Å². The third-order valence-electron chi connectivity index (χ3n) is 0.985. The Hall–Kier alpha value is -1.10. The first-order valence-electron chi connectivity index (χ1n) is 3.04. The average molecular weight is 189 g/mol. The Kier molecular flexibility index (Phi) is 2.32. The van der Waals surface area contributed by atoms with E-state index in [1.54, 1.807) is 0 Å². The van der Waals surface area contributed by atoms with Crippen LogP contribution in [0.2, 0.25) is 0 Å². The summed E-state index contributed by atoms with van der Waals surface area (Å²) >= 11 is 0. The van der Waals surface area contributed by atoms with E-state index in [4.69, 9.17) is 0 Å². The van der Waals surface area contributed by atoms with Crippen molar-refractivity contribution in [1.29, 1.82) is 0 Å². The Morgan fingerprint density at radius 2 is 2.25 bits per heavy atom. The molecule has 0 bridgehead atoms. The van der Waals surface area contributed by atoms with Gasteiger partial charge in [0.1, 0.15) is 11.6 Å². The number of halogens is 1. The second-order valence-corrected chi connectivity index (χ2v) is 3.73. The maximum absolute atomic E-state index is 12.4. The lowest BCUT2D eigenvalue weighted by atomic mass is 10.3. The van der Waals surface area contributed by atoms with Crippen LogP contribution in [0.5, 0.6) is 5.75 Å². The number of hydrogen-bond acceptors (Lipinski definition) is 3. The molecule has 0 aliphatic rings. The van der Waals surface area contributed by atoms with E-state index in [1.807, 2.05) is 0 Å². The zero-order chi connectivity index (χ0) is 9.19. The highest BCUT2D eigenvalue weighted by Gasteiger charge is 2.03. The molecule has 0 fully saturated rings. The van der Waals surface area contributed by atoms with Crippen molar-refractivity contribution in [2.75, 3.05) is 6.26 Å². The second kappa shape index (κ2) is 3.10. The SMILES string of the molecule is CS(=O)(=O)Oc1cc[c]c(F)c1. The van der Waals surface area contributed by atoms with Crippen LogP contribution < -0.4 is 4.18 Å². The van der Waals surface area contributed by atoms with Gasteiger partial charge in [-0.15, -0.1) is 0 Å². The molecule has 5 heteroatoms. The molecular formula is C7H6FO3S. The van der Waals surface area contributed by atoms with Gasteiger partial charge < -0.3 is 4.18 Å². The van der Waals surface area contributed by atoms with E-state index in [0.29, 0.717) is 0 Å². The summed E-state index contributed by atoms with van der Waals surface area (Å²) < 4.78 is 37.9. The molecule has 65 valence electrons. The van der Waals surface area contributed by atoms with Gasteiger partial charge in [0.15, 0.2) is 0 Å². The first-order chi connectivity index (χ1) is 5.47.